The molecular weight excluding hydrogens is 640 g/mol. The number of anilines is 1. The van der Waals surface area contributed by atoms with Crippen LogP contribution in [0.15, 0.2) is 65.6 Å². The molecule has 12 heteroatoms. The van der Waals surface area contributed by atoms with E-state index in [0.717, 1.165) is 9.87 Å². The first-order valence-corrected chi connectivity index (χ1v) is 16.3. The lowest BCUT2D eigenvalue weighted by molar-refractivity contribution is -0.140. The predicted octanol–water partition coefficient (Wildman–Crippen LogP) is 7.53. The third-order valence-corrected chi connectivity index (χ3v) is 9.94. The number of nitrogens with one attached hydrogen (secondary N) is 1. The molecule has 0 unspecified atom stereocenters. The Morgan fingerprint density at radius 1 is 0.857 bits per heavy atom. The number of nitrogens with zero attached hydrogens (tertiary/aromatic N) is 2. The van der Waals surface area contributed by atoms with Crippen LogP contribution in [0.5, 0.6) is 0 Å². The van der Waals surface area contributed by atoms with Crippen LogP contribution in [0.25, 0.3) is 0 Å². The van der Waals surface area contributed by atoms with Gasteiger partial charge in [-0.1, -0.05) is 84.0 Å². The van der Waals surface area contributed by atoms with E-state index in [1.807, 2.05) is 20.8 Å². The first kappa shape index (κ1) is 34.0. The molecule has 226 valence electrons. The van der Waals surface area contributed by atoms with Gasteiger partial charge in [0.25, 0.3) is 10.0 Å². The van der Waals surface area contributed by atoms with Crippen molar-refractivity contribution in [1.82, 2.24) is 10.2 Å². The molecule has 0 fully saturated rings. The number of halogens is 4. The molecule has 0 bridgehead atoms. The third kappa shape index (κ3) is 8.32. The fraction of sp³-hybridized carbons (Fsp3) is 0.333. The lowest BCUT2D eigenvalue weighted by atomic mass is 10.1. The van der Waals surface area contributed by atoms with E-state index in [0.29, 0.717) is 22.0 Å². The van der Waals surface area contributed by atoms with E-state index in [-0.39, 0.29) is 45.5 Å². The second-order valence-corrected chi connectivity index (χ2v) is 13.4. The van der Waals surface area contributed by atoms with Crippen molar-refractivity contribution in [1.29, 1.82) is 0 Å². The van der Waals surface area contributed by atoms with Gasteiger partial charge in [0, 0.05) is 22.6 Å². The van der Waals surface area contributed by atoms with Gasteiger partial charge in [-0.15, -0.1) is 0 Å². The summed E-state index contributed by atoms with van der Waals surface area (Å²) in [6.07, 6.45) is 0.968. The van der Waals surface area contributed by atoms with Gasteiger partial charge in [-0.25, -0.2) is 8.42 Å². The standard InChI is InChI=1S/C30H33Cl4N3O4S/c1-5-20(4)35-30(39)28(6-2)36(17-21-9-10-22(31)15-26(21)33)29(38)18-37(23-11-14-25(32)27(34)16-23)42(40,41)24-12-7-19(3)8-13-24/h7-16,20,28H,5-6,17-18H2,1-4H3,(H,35,39)/t20-,28+/m1/s1. The van der Waals surface area contributed by atoms with Crippen LogP contribution in [0.4, 0.5) is 5.69 Å². The third-order valence-electron chi connectivity index (χ3n) is 6.82. The van der Waals surface area contributed by atoms with Crippen LogP contribution < -0.4 is 9.62 Å². The van der Waals surface area contributed by atoms with Gasteiger partial charge >= 0.3 is 0 Å². The SMILES string of the molecule is CC[C@@H](C)NC(=O)[C@H](CC)N(Cc1ccc(Cl)cc1Cl)C(=O)CN(c1ccc(Cl)c(Cl)c1)S(=O)(=O)c1ccc(C)cc1. The lowest BCUT2D eigenvalue weighted by Crippen LogP contribution is -2.53. The molecule has 2 amide bonds. The molecule has 0 radical (unpaired) electrons. The van der Waals surface area contributed by atoms with Crippen molar-refractivity contribution < 1.29 is 18.0 Å². The van der Waals surface area contributed by atoms with Crippen LogP contribution in [0.2, 0.25) is 20.1 Å². The number of amides is 2. The molecule has 0 aliphatic rings. The second kappa shape index (κ2) is 14.8. The van der Waals surface area contributed by atoms with Crippen molar-refractivity contribution in [3.05, 3.63) is 91.9 Å². The fourth-order valence-electron chi connectivity index (χ4n) is 4.20. The number of aryl methyl sites for hydroxylation is 1. The van der Waals surface area contributed by atoms with E-state index in [1.165, 1.54) is 35.2 Å². The molecule has 2 atom stereocenters. The summed E-state index contributed by atoms with van der Waals surface area (Å²) in [6.45, 7) is 6.75. The molecule has 0 heterocycles. The van der Waals surface area contributed by atoms with Crippen LogP contribution in [0.3, 0.4) is 0 Å². The van der Waals surface area contributed by atoms with Gasteiger partial charge in [0.05, 0.1) is 20.6 Å². The maximum atomic E-state index is 14.2. The maximum absolute atomic E-state index is 14.2. The smallest absolute Gasteiger partial charge is 0.264 e. The monoisotopic (exact) mass is 671 g/mol. The van der Waals surface area contributed by atoms with Gasteiger partial charge in [-0.3, -0.25) is 13.9 Å². The summed E-state index contributed by atoms with van der Waals surface area (Å²) in [7, 11) is -4.25. The van der Waals surface area contributed by atoms with E-state index >= 15 is 0 Å². The Bertz CT molecular complexity index is 1530. The molecule has 3 aromatic carbocycles. The van der Waals surface area contributed by atoms with Crippen molar-refractivity contribution in [3.8, 4) is 0 Å². The maximum Gasteiger partial charge on any atom is 0.264 e. The largest absolute Gasteiger partial charge is 0.352 e. The van der Waals surface area contributed by atoms with Crippen molar-refractivity contribution in [3.63, 3.8) is 0 Å². The quantitative estimate of drug-likeness (QED) is 0.216. The summed E-state index contributed by atoms with van der Waals surface area (Å²) in [5.41, 5.74) is 1.56. The van der Waals surface area contributed by atoms with Crippen molar-refractivity contribution in [2.75, 3.05) is 10.8 Å². The Balaban J connectivity index is 2.11. The molecular formula is C30H33Cl4N3O4S. The highest BCUT2D eigenvalue weighted by Gasteiger charge is 2.34. The zero-order valence-electron chi connectivity index (χ0n) is 23.7. The van der Waals surface area contributed by atoms with Crippen molar-refractivity contribution >= 4 is 73.9 Å². The molecule has 0 spiro atoms. The predicted molar refractivity (Wildman–Crippen MR) is 171 cm³/mol. The number of carbonyl (C=O) groups excluding carboxylic acids is 2. The molecule has 0 aromatic heterocycles. The van der Waals surface area contributed by atoms with Gasteiger partial charge in [0.15, 0.2) is 0 Å². The van der Waals surface area contributed by atoms with E-state index in [4.69, 9.17) is 46.4 Å². The Hall–Kier alpha value is -2.49. The molecule has 0 saturated carbocycles. The second-order valence-electron chi connectivity index (χ2n) is 9.92. The van der Waals surface area contributed by atoms with Gasteiger partial charge < -0.3 is 10.2 Å². The summed E-state index contributed by atoms with van der Waals surface area (Å²) in [6, 6.07) is 14.4. The van der Waals surface area contributed by atoms with E-state index in [9.17, 15) is 18.0 Å². The minimum Gasteiger partial charge on any atom is -0.352 e. The normalized spacial score (nSPS) is 12.9. The number of rotatable bonds is 12. The zero-order valence-corrected chi connectivity index (χ0v) is 27.5. The first-order chi connectivity index (χ1) is 19.8. The highest BCUT2D eigenvalue weighted by atomic mass is 35.5. The van der Waals surface area contributed by atoms with Gasteiger partial charge in [-0.2, -0.15) is 0 Å². The molecule has 0 aliphatic carbocycles. The minimum atomic E-state index is -4.25. The van der Waals surface area contributed by atoms with E-state index < -0.39 is 28.5 Å². The number of hydrogen-bond donors (Lipinski definition) is 1. The molecule has 7 nitrogen and oxygen atoms in total. The Labute approximate surface area is 267 Å². The molecule has 42 heavy (non-hydrogen) atoms. The zero-order chi connectivity index (χ0) is 31.2. The Morgan fingerprint density at radius 3 is 2.10 bits per heavy atom. The average Bonchev–Trinajstić information content (AvgIpc) is 2.94. The molecule has 0 saturated heterocycles. The van der Waals surface area contributed by atoms with Crippen LogP contribution in [0.1, 0.15) is 44.7 Å². The highest BCUT2D eigenvalue weighted by molar-refractivity contribution is 7.92. The summed E-state index contributed by atoms with van der Waals surface area (Å²) >= 11 is 24.9. The summed E-state index contributed by atoms with van der Waals surface area (Å²) in [4.78, 5) is 28.9. The summed E-state index contributed by atoms with van der Waals surface area (Å²) in [5, 5.41) is 4.01. The molecule has 3 aromatic rings. The number of hydrogen-bond acceptors (Lipinski definition) is 4. The van der Waals surface area contributed by atoms with E-state index in [2.05, 4.69) is 5.32 Å². The van der Waals surface area contributed by atoms with Gasteiger partial charge in [-0.05, 0) is 74.7 Å². The van der Waals surface area contributed by atoms with Crippen molar-refractivity contribution in [2.24, 2.45) is 0 Å². The van der Waals surface area contributed by atoms with Gasteiger partial charge in [0.1, 0.15) is 12.6 Å². The fourth-order valence-corrected chi connectivity index (χ4v) is 6.37. The average molecular weight is 673 g/mol. The number of sulfonamides is 1. The van der Waals surface area contributed by atoms with Crippen LogP contribution >= 0.6 is 46.4 Å². The molecule has 3 rings (SSSR count). The van der Waals surface area contributed by atoms with Crippen molar-refractivity contribution in [2.45, 2.75) is 64.1 Å². The number of benzene rings is 3. The Kier molecular flexibility index (Phi) is 12.0. The first-order valence-electron chi connectivity index (χ1n) is 13.4. The topological polar surface area (TPSA) is 86.8 Å². The van der Waals surface area contributed by atoms with Crippen LogP contribution in [-0.2, 0) is 26.2 Å². The van der Waals surface area contributed by atoms with Gasteiger partial charge in [0.2, 0.25) is 11.8 Å². The van der Waals surface area contributed by atoms with Crippen LogP contribution in [-0.4, -0.2) is 43.8 Å². The lowest BCUT2D eigenvalue weighted by Gasteiger charge is -2.34. The molecule has 0 aliphatic heterocycles. The van der Waals surface area contributed by atoms with Crippen LogP contribution in [0, 0.1) is 6.92 Å². The summed E-state index contributed by atoms with van der Waals surface area (Å²) < 4.78 is 28.9. The summed E-state index contributed by atoms with van der Waals surface area (Å²) in [5.74, 6) is -0.971. The minimum absolute atomic E-state index is 0.0131. The molecule has 1 N–H and O–H groups in total. The number of carbonyl (C=O) groups is 2. The Morgan fingerprint density at radius 2 is 1.52 bits per heavy atom. The highest BCUT2D eigenvalue weighted by Crippen LogP contribution is 2.31. The van der Waals surface area contributed by atoms with E-state index in [1.54, 1.807) is 37.3 Å².